The third kappa shape index (κ3) is 3.50. The summed E-state index contributed by atoms with van der Waals surface area (Å²) < 4.78 is 0. The van der Waals surface area contributed by atoms with Gasteiger partial charge in [-0.3, -0.25) is 9.69 Å². The van der Waals surface area contributed by atoms with Crippen LogP contribution in [0.15, 0.2) is 60.8 Å². The largest absolute Gasteiger partial charge is 0.361 e. The normalized spacial score (nSPS) is 20.1. The van der Waals surface area contributed by atoms with Gasteiger partial charge in [0.2, 0.25) is 5.91 Å². The van der Waals surface area contributed by atoms with Crippen molar-refractivity contribution in [1.29, 1.82) is 0 Å². The van der Waals surface area contributed by atoms with E-state index in [-0.39, 0.29) is 5.91 Å². The summed E-state index contributed by atoms with van der Waals surface area (Å²) in [7, 11) is 0. The van der Waals surface area contributed by atoms with Crippen molar-refractivity contribution in [3.8, 4) is 0 Å². The third-order valence-corrected chi connectivity index (χ3v) is 5.83. The number of rotatable bonds is 6. The maximum atomic E-state index is 12.5. The van der Waals surface area contributed by atoms with Crippen molar-refractivity contribution in [3.63, 3.8) is 0 Å². The highest BCUT2D eigenvalue weighted by Gasteiger charge is 2.35. The van der Waals surface area contributed by atoms with Gasteiger partial charge in [0.05, 0.1) is 0 Å². The zero-order valence-corrected chi connectivity index (χ0v) is 15.5. The molecule has 4 nitrogen and oxygen atoms in total. The SMILES string of the molecule is O=C1C[C@@H](CN(Cc2ccc3[nH]ccc3c2)C2CC2)CN1c1ccccc1. The number of nitrogens with zero attached hydrogens (tertiary/aromatic N) is 2. The summed E-state index contributed by atoms with van der Waals surface area (Å²) in [5.74, 6) is 0.671. The van der Waals surface area contributed by atoms with Crippen LogP contribution in [0, 0.1) is 5.92 Å². The molecule has 2 fully saturated rings. The van der Waals surface area contributed by atoms with Crippen LogP contribution in [0.4, 0.5) is 5.69 Å². The van der Waals surface area contributed by atoms with Crippen LogP contribution in [0.25, 0.3) is 10.9 Å². The molecule has 0 unspecified atom stereocenters. The maximum absolute atomic E-state index is 12.5. The van der Waals surface area contributed by atoms with Crippen molar-refractivity contribution in [2.24, 2.45) is 5.92 Å². The Morgan fingerprint density at radius 1 is 1.07 bits per heavy atom. The smallest absolute Gasteiger partial charge is 0.227 e. The topological polar surface area (TPSA) is 39.3 Å². The highest BCUT2D eigenvalue weighted by molar-refractivity contribution is 5.95. The molecule has 0 radical (unpaired) electrons. The van der Waals surface area contributed by atoms with Crippen LogP contribution in [0.3, 0.4) is 0 Å². The number of aromatic amines is 1. The number of fused-ring (bicyclic) bond motifs is 1. The van der Waals surface area contributed by atoms with Gasteiger partial charge in [-0.25, -0.2) is 0 Å². The Morgan fingerprint density at radius 3 is 2.74 bits per heavy atom. The number of carbonyl (C=O) groups excluding carboxylic acids is 1. The first-order valence-electron chi connectivity index (χ1n) is 9.92. The summed E-state index contributed by atoms with van der Waals surface area (Å²) in [5, 5.41) is 1.27. The number of benzene rings is 2. The zero-order valence-electron chi connectivity index (χ0n) is 15.5. The molecule has 2 aliphatic rings. The monoisotopic (exact) mass is 359 g/mol. The first-order chi connectivity index (χ1) is 13.3. The number of para-hydroxylation sites is 1. The highest BCUT2D eigenvalue weighted by atomic mass is 16.2. The van der Waals surface area contributed by atoms with Crippen LogP contribution in [-0.2, 0) is 11.3 Å². The summed E-state index contributed by atoms with van der Waals surface area (Å²) >= 11 is 0. The van der Waals surface area contributed by atoms with E-state index in [2.05, 4.69) is 34.1 Å². The second kappa shape index (κ2) is 6.86. The lowest BCUT2D eigenvalue weighted by atomic mass is 10.1. The van der Waals surface area contributed by atoms with Crippen molar-refractivity contribution in [3.05, 3.63) is 66.4 Å². The Morgan fingerprint density at radius 2 is 1.93 bits per heavy atom. The molecule has 4 heteroatoms. The molecule has 138 valence electrons. The second-order valence-corrected chi connectivity index (χ2v) is 7.97. The quantitative estimate of drug-likeness (QED) is 0.717. The van der Waals surface area contributed by atoms with Gasteiger partial charge in [0.1, 0.15) is 0 Å². The Labute approximate surface area is 159 Å². The minimum absolute atomic E-state index is 0.260. The molecular weight excluding hydrogens is 334 g/mol. The lowest BCUT2D eigenvalue weighted by Gasteiger charge is -2.25. The van der Waals surface area contributed by atoms with Gasteiger partial charge >= 0.3 is 0 Å². The van der Waals surface area contributed by atoms with Crippen molar-refractivity contribution in [2.75, 3.05) is 18.0 Å². The predicted octanol–water partition coefficient (Wildman–Crippen LogP) is 4.19. The van der Waals surface area contributed by atoms with E-state index in [4.69, 9.17) is 0 Å². The minimum Gasteiger partial charge on any atom is -0.361 e. The fourth-order valence-electron chi connectivity index (χ4n) is 4.31. The fraction of sp³-hybridized carbons (Fsp3) is 0.348. The first kappa shape index (κ1) is 16.6. The number of amides is 1. The molecule has 5 rings (SSSR count). The van der Waals surface area contributed by atoms with Crippen LogP contribution in [0.5, 0.6) is 0 Å². The molecule has 2 aromatic carbocycles. The third-order valence-electron chi connectivity index (χ3n) is 5.83. The van der Waals surface area contributed by atoms with Crippen LogP contribution < -0.4 is 4.90 Å². The highest BCUT2D eigenvalue weighted by Crippen LogP contribution is 2.32. The molecule has 27 heavy (non-hydrogen) atoms. The second-order valence-electron chi connectivity index (χ2n) is 7.97. The van der Waals surface area contributed by atoms with Crippen molar-refractivity contribution in [2.45, 2.75) is 31.8 Å². The molecule has 1 saturated carbocycles. The van der Waals surface area contributed by atoms with Gasteiger partial charge < -0.3 is 9.88 Å². The van der Waals surface area contributed by atoms with E-state index < -0.39 is 0 Å². The molecule has 1 atom stereocenters. The van der Waals surface area contributed by atoms with Crippen LogP contribution in [-0.4, -0.2) is 34.9 Å². The van der Waals surface area contributed by atoms with Crippen LogP contribution >= 0.6 is 0 Å². The Bertz CT molecular complexity index is 944. The van der Waals surface area contributed by atoms with E-state index in [1.165, 1.54) is 29.3 Å². The number of carbonyl (C=O) groups is 1. The van der Waals surface area contributed by atoms with Gasteiger partial charge in [0.25, 0.3) is 0 Å². The van der Waals surface area contributed by atoms with E-state index in [1.807, 2.05) is 41.4 Å². The number of anilines is 1. The number of hydrogen-bond acceptors (Lipinski definition) is 2. The molecule has 2 heterocycles. The molecule has 0 bridgehead atoms. The first-order valence-corrected chi connectivity index (χ1v) is 9.92. The maximum Gasteiger partial charge on any atom is 0.227 e. The van der Waals surface area contributed by atoms with Crippen LogP contribution in [0.2, 0.25) is 0 Å². The lowest BCUT2D eigenvalue weighted by molar-refractivity contribution is -0.117. The summed E-state index contributed by atoms with van der Waals surface area (Å²) in [6, 6.07) is 19.6. The van der Waals surface area contributed by atoms with E-state index in [0.717, 1.165) is 25.3 Å². The van der Waals surface area contributed by atoms with Gasteiger partial charge in [-0.05, 0) is 60.0 Å². The standard InChI is InChI=1S/C23H25N3O/c27-23-13-18(16-26(23)21-4-2-1-3-5-21)15-25(20-7-8-20)14-17-6-9-22-19(12-17)10-11-24-22/h1-6,9-12,18,20,24H,7-8,13-16H2/t18-/m0/s1. The molecule has 0 spiro atoms. The summed E-state index contributed by atoms with van der Waals surface area (Å²) in [6.07, 6.45) is 5.23. The Balaban J connectivity index is 1.28. The average Bonchev–Trinajstić information content (AvgIpc) is 3.32. The number of hydrogen-bond donors (Lipinski definition) is 1. The lowest BCUT2D eigenvalue weighted by Crippen LogP contribution is -2.32. The van der Waals surface area contributed by atoms with Crippen molar-refractivity contribution < 1.29 is 4.79 Å². The van der Waals surface area contributed by atoms with E-state index >= 15 is 0 Å². The number of nitrogens with one attached hydrogen (secondary N) is 1. The Kier molecular flexibility index (Phi) is 4.21. The van der Waals surface area contributed by atoms with Gasteiger partial charge in [0, 0.05) is 49.5 Å². The summed E-state index contributed by atoms with van der Waals surface area (Å²) in [5.41, 5.74) is 3.58. The fourth-order valence-corrected chi connectivity index (χ4v) is 4.31. The summed E-state index contributed by atoms with van der Waals surface area (Å²) in [4.78, 5) is 20.4. The summed E-state index contributed by atoms with van der Waals surface area (Å²) in [6.45, 7) is 2.82. The van der Waals surface area contributed by atoms with Gasteiger partial charge in [-0.2, -0.15) is 0 Å². The van der Waals surface area contributed by atoms with E-state index in [9.17, 15) is 4.79 Å². The molecular formula is C23H25N3O. The minimum atomic E-state index is 0.260. The number of H-pyrrole nitrogens is 1. The molecule has 1 aromatic heterocycles. The Hall–Kier alpha value is -2.59. The van der Waals surface area contributed by atoms with Gasteiger partial charge in [-0.1, -0.05) is 24.3 Å². The van der Waals surface area contributed by atoms with Gasteiger partial charge in [-0.15, -0.1) is 0 Å². The van der Waals surface area contributed by atoms with Crippen molar-refractivity contribution >= 4 is 22.5 Å². The van der Waals surface area contributed by atoms with E-state index in [0.29, 0.717) is 18.4 Å². The molecule has 3 aromatic rings. The zero-order chi connectivity index (χ0) is 18.2. The van der Waals surface area contributed by atoms with Crippen molar-refractivity contribution in [1.82, 2.24) is 9.88 Å². The average molecular weight is 359 g/mol. The van der Waals surface area contributed by atoms with Gasteiger partial charge in [0.15, 0.2) is 0 Å². The molecule has 1 amide bonds. The molecule has 1 aliphatic carbocycles. The van der Waals surface area contributed by atoms with E-state index in [1.54, 1.807) is 0 Å². The number of aromatic nitrogens is 1. The van der Waals surface area contributed by atoms with Crippen LogP contribution in [0.1, 0.15) is 24.8 Å². The molecule has 1 N–H and O–H groups in total. The predicted molar refractivity (Wildman–Crippen MR) is 109 cm³/mol. The molecule has 1 saturated heterocycles. The molecule has 1 aliphatic heterocycles.